The molecule has 1 aromatic carbocycles. The van der Waals surface area contributed by atoms with Gasteiger partial charge in [-0.15, -0.1) is 24.0 Å². The van der Waals surface area contributed by atoms with Gasteiger partial charge in [0.05, 0.1) is 5.69 Å². The lowest BCUT2D eigenvalue weighted by Gasteiger charge is -2.11. The van der Waals surface area contributed by atoms with Gasteiger partial charge in [-0.05, 0) is 31.4 Å². The van der Waals surface area contributed by atoms with E-state index in [0.717, 1.165) is 49.2 Å². The number of nitrogens with zero attached hydrogens (tertiary/aromatic N) is 2. The van der Waals surface area contributed by atoms with Crippen LogP contribution < -0.4 is 16.0 Å². The molecular weight excluding hydrogens is 441 g/mol. The molecule has 3 N–H and O–H groups in total. The van der Waals surface area contributed by atoms with Crippen molar-refractivity contribution in [1.82, 2.24) is 15.8 Å². The second kappa shape index (κ2) is 12.6. The summed E-state index contributed by atoms with van der Waals surface area (Å²) in [5.74, 6) is 1.95. The van der Waals surface area contributed by atoms with Crippen molar-refractivity contribution < 1.29 is 4.52 Å². The number of nitrogens with one attached hydrogen (secondary N) is 3. The van der Waals surface area contributed by atoms with Crippen molar-refractivity contribution >= 4 is 35.6 Å². The molecule has 0 radical (unpaired) electrons. The van der Waals surface area contributed by atoms with E-state index in [-0.39, 0.29) is 24.0 Å². The van der Waals surface area contributed by atoms with Gasteiger partial charge >= 0.3 is 0 Å². The van der Waals surface area contributed by atoms with Crippen LogP contribution in [0.3, 0.4) is 0 Å². The van der Waals surface area contributed by atoms with E-state index in [4.69, 9.17) is 4.52 Å². The van der Waals surface area contributed by atoms with Crippen LogP contribution in [-0.4, -0.2) is 30.8 Å². The minimum Gasteiger partial charge on any atom is -0.385 e. The Bertz CT molecular complexity index is 642. The Hall–Kier alpha value is -1.77. The Morgan fingerprint density at radius 3 is 2.58 bits per heavy atom. The average molecular weight is 471 g/mol. The first-order valence-electron chi connectivity index (χ1n) is 8.95. The summed E-state index contributed by atoms with van der Waals surface area (Å²) in [6.07, 6.45) is 0.999. The molecule has 0 unspecified atom stereocenters. The molecule has 0 fully saturated rings. The van der Waals surface area contributed by atoms with Crippen LogP contribution in [0.15, 0.2) is 45.9 Å². The Morgan fingerprint density at radius 2 is 1.92 bits per heavy atom. The fourth-order valence-electron chi connectivity index (χ4n) is 2.26. The predicted molar refractivity (Wildman–Crippen MR) is 118 cm³/mol. The third-order valence-corrected chi connectivity index (χ3v) is 3.65. The molecule has 0 aliphatic heterocycles. The standard InChI is InChI=1S/C19H29N5O.HI/c1-4-20-19(23-14-17-13-18(15(2)3)24-25-17)22-12-8-11-21-16-9-6-5-7-10-16;/h5-7,9-10,13,15,21H,4,8,11-12,14H2,1-3H3,(H2,20,22,23);1H. The van der Waals surface area contributed by atoms with Crippen LogP contribution in [0.4, 0.5) is 5.69 Å². The van der Waals surface area contributed by atoms with Crippen molar-refractivity contribution in [3.63, 3.8) is 0 Å². The summed E-state index contributed by atoms with van der Waals surface area (Å²) in [7, 11) is 0. The third kappa shape index (κ3) is 8.07. The second-order valence-electron chi connectivity index (χ2n) is 6.14. The minimum absolute atomic E-state index is 0. The summed E-state index contributed by atoms with van der Waals surface area (Å²) in [6, 6.07) is 12.2. The number of aliphatic imine (C=N–C) groups is 1. The normalized spacial score (nSPS) is 11.2. The topological polar surface area (TPSA) is 74.5 Å². The predicted octanol–water partition coefficient (Wildman–Crippen LogP) is 3.97. The van der Waals surface area contributed by atoms with Crippen molar-refractivity contribution in [1.29, 1.82) is 0 Å². The highest BCUT2D eigenvalue weighted by molar-refractivity contribution is 14.0. The highest BCUT2D eigenvalue weighted by Crippen LogP contribution is 2.14. The number of hydrogen-bond donors (Lipinski definition) is 3. The molecule has 1 heterocycles. The first-order valence-corrected chi connectivity index (χ1v) is 8.95. The van der Waals surface area contributed by atoms with Crippen LogP contribution in [0.25, 0.3) is 0 Å². The fourth-order valence-corrected chi connectivity index (χ4v) is 2.26. The van der Waals surface area contributed by atoms with E-state index < -0.39 is 0 Å². The van der Waals surface area contributed by atoms with Gasteiger partial charge in [-0.2, -0.15) is 0 Å². The highest BCUT2D eigenvalue weighted by atomic mass is 127. The second-order valence-corrected chi connectivity index (χ2v) is 6.14. The van der Waals surface area contributed by atoms with Crippen molar-refractivity contribution in [2.24, 2.45) is 4.99 Å². The van der Waals surface area contributed by atoms with E-state index in [1.807, 2.05) is 24.3 Å². The SMILES string of the molecule is CCNC(=NCc1cc(C(C)C)no1)NCCCNc1ccccc1.I. The molecule has 2 rings (SSSR count). The van der Waals surface area contributed by atoms with E-state index >= 15 is 0 Å². The zero-order valence-corrected chi connectivity index (χ0v) is 18.1. The van der Waals surface area contributed by atoms with Crippen molar-refractivity contribution in [3.8, 4) is 0 Å². The molecule has 2 aromatic rings. The first kappa shape index (κ1) is 22.3. The zero-order chi connectivity index (χ0) is 17.9. The molecule has 0 bridgehead atoms. The number of para-hydroxylation sites is 1. The van der Waals surface area contributed by atoms with Crippen molar-refractivity contribution in [2.45, 2.75) is 39.7 Å². The number of guanidine groups is 1. The molecule has 0 aliphatic rings. The Balaban J connectivity index is 0.00000338. The highest BCUT2D eigenvalue weighted by Gasteiger charge is 2.07. The number of hydrogen-bond acceptors (Lipinski definition) is 4. The van der Waals surface area contributed by atoms with Crippen LogP contribution in [0.5, 0.6) is 0 Å². The molecule has 26 heavy (non-hydrogen) atoms. The fraction of sp³-hybridized carbons (Fsp3) is 0.474. The maximum Gasteiger partial charge on any atom is 0.191 e. The van der Waals surface area contributed by atoms with Crippen LogP contribution in [0.1, 0.15) is 44.6 Å². The molecule has 0 spiro atoms. The lowest BCUT2D eigenvalue weighted by molar-refractivity contribution is 0.376. The summed E-state index contributed by atoms with van der Waals surface area (Å²) >= 11 is 0. The van der Waals surface area contributed by atoms with E-state index in [1.165, 1.54) is 0 Å². The number of benzene rings is 1. The van der Waals surface area contributed by atoms with Crippen LogP contribution >= 0.6 is 24.0 Å². The maximum absolute atomic E-state index is 5.32. The molecule has 144 valence electrons. The molecule has 6 nitrogen and oxygen atoms in total. The molecule has 1 aromatic heterocycles. The van der Waals surface area contributed by atoms with Crippen LogP contribution in [0.2, 0.25) is 0 Å². The number of anilines is 1. The monoisotopic (exact) mass is 471 g/mol. The molecule has 0 amide bonds. The van der Waals surface area contributed by atoms with E-state index in [2.05, 4.69) is 59.0 Å². The van der Waals surface area contributed by atoms with Gasteiger partial charge in [0.1, 0.15) is 6.54 Å². The summed E-state index contributed by atoms with van der Waals surface area (Å²) in [5.41, 5.74) is 2.12. The smallest absolute Gasteiger partial charge is 0.191 e. The van der Waals surface area contributed by atoms with Gasteiger partial charge in [-0.1, -0.05) is 37.2 Å². The third-order valence-electron chi connectivity index (χ3n) is 3.65. The lowest BCUT2D eigenvalue weighted by Crippen LogP contribution is -2.38. The van der Waals surface area contributed by atoms with Gasteiger partial charge in [-0.25, -0.2) is 4.99 Å². The Labute approximate surface area is 173 Å². The summed E-state index contributed by atoms with van der Waals surface area (Å²) in [5, 5.41) is 14.1. The molecule has 0 aliphatic carbocycles. The van der Waals surface area contributed by atoms with Crippen molar-refractivity contribution in [2.75, 3.05) is 25.0 Å². The molecule has 7 heteroatoms. The van der Waals surface area contributed by atoms with Gasteiger partial charge in [0.15, 0.2) is 11.7 Å². The number of aromatic nitrogens is 1. The van der Waals surface area contributed by atoms with Crippen LogP contribution in [-0.2, 0) is 6.54 Å². The molecule has 0 saturated carbocycles. The summed E-state index contributed by atoms with van der Waals surface area (Å²) in [6.45, 7) is 9.31. The van der Waals surface area contributed by atoms with E-state index in [0.29, 0.717) is 12.5 Å². The minimum atomic E-state index is 0. The zero-order valence-electron chi connectivity index (χ0n) is 15.8. The Morgan fingerprint density at radius 1 is 1.15 bits per heavy atom. The summed E-state index contributed by atoms with van der Waals surface area (Å²) < 4.78 is 5.32. The first-order chi connectivity index (χ1) is 12.2. The lowest BCUT2D eigenvalue weighted by atomic mass is 10.1. The quantitative estimate of drug-likeness (QED) is 0.223. The van der Waals surface area contributed by atoms with Gasteiger partial charge in [-0.3, -0.25) is 0 Å². The summed E-state index contributed by atoms with van der Waals surface area (Å²) in [4.78, 5) is 4.55. The van der Waals surface area contributed by atoms with E-state index in [9.17, 15) is 0 Å². The average Bonchev–Trinajstić information content (AvgIpc) is 3.09. The number of halogens is 1. The molecule has 0 saturated heterocycles. The van der Waals surface area contributed by atoms with Crippen LogP contribution in [0, 0.1) is 0 Å². The maximum atomic E-state index is 5.32. The van der Waals surface area contributed by atoms with Crippen molar-refractivity contribution in [3.05, 3.63) is 47.9 Å². The van der Waals surface area contributed by atoms with E-state index in [1.54, 1.807) is 0 Å². The molecule has 0 atom stereocenters. The Kier molecular flexibility index (Phi) is 10.8. The number of rotatable bonds is 9. The largest absolute Gasteiger partial charge is 0.385 e. The molecular formula is C19H30IN5O. The van der Waals surface area contributed by atoms with Gasteiger partial charge in [0, 0.05) is 31.4 Å². The van der Waals surface area contributed by atoms with Gasteiger partial charge in [0.25, 0.3) is 0 Å². The van der Waals surface area contributed by atoms with Gasteiger partial charge < -0.3 is 20.5 Å². The van der Waals surface area contributed by atoms with Gasteiger partial charge in [0.2, 0.25) is 0 Å².